The van der Waals surface area contributed by atoms with E-state index in [0.717, 1.165) is 26.5 Å². The molecule has 0 spiro atoms. The van der Waals surface area contributed by atoms with Crippen molar-refractivity contribution in [3.63, 3.8) is 0 Å². The summed E-state index contributed by atoms with van der Waals surface area (Å²) in [5, 5.41) is 12.9. The van der Waals surface area contributed by atoms with Crippen LogP contribution in [0.1, 0.15) is 5.01 Å². The third-order valence-corrected chi connectivity index (χ3v) is 4.29. The number of thioether (sulfide) groups is 1. The van der Waals surface area contributed by atoms with Gasteiger partial charge in [-0.05, 0) is 12.1 Å². The van der Waals surface area contributed by atoms with Gasteiger partial charge in [0.25, 0.3) is 0 Å². The molecule has 2 aromatic rings. The van der Waals surface area contributed by atoms with E-state index in [2.05, 4.69) is 15.5 Å². The zero-order chi connectivity index (χ0) is 12.1. The Morgan fingerprint density at radius 3 is 2.88 bits per heavy atom. The quantitative estimate of drug-likeness (QED) is 0.844. The van der Waals surface area contributed by atoms with Gasteiger partial charge in [0.2, 0.25) is 5.13 Å². The van der Waals surface area contributed by atoms with E-state index in [4.69, 9.17) is 4.74 Å². The van der Waals surface area contributed by atoms with Crippen molar-refractivity contribution >= 4 is 28.2 Å². The van der Waals surface area contributed by atoms with Crippen LogP contribution in [0.15, 0.2) is 29.2 Å². The van der Waals surface area contributed by atoms with E-state index < -0.39 is 0 Å². The molecule has 0 aliphatic carbocycles. The summed E-state index contributed by atoms with van der Waals surface area (Å²) in [5.74, 6) is 1.70. The number of anilines is 1. The first-order valence-corrected chi connectivity index (χ1v) is 6.89. The zero-order valence-corrected chi connectivity index (χ0v) is 11.3. The van der Waals surface area contributed by atoms with E-state index in [1.54, 1.807) is 30.2 Å². The summed E-state index contributed by atoms with van der Waals surface area (Å²) in [4.78, 5) is 1.12. The summed E-state index contributed by atoms with van der Waals surface area (Å²) in [6, 6.07) is 7.97. The van der Waals surface area contributed by atoms with E-state index in [0.29, 0.717) is 0 Å². The Bertz CT molecular complexity index is 487. The van der Waals surface area contributed by atoms with Gasteiger partial charge < -0.3 is 10.1 Å². The standard InChI is InChI=1S/C11H13N3OS2/c1-12-11-14-13-10(17-11)7-16-9-6-4-3-5-8(9)15-2/h3-6H,7H2,1-2H3,(H,12,14). The smallest absolute Gasteiger partial charge is 0.205 e. The lowest BCUT2D eigenvalue weighted by molar-refractivity contribution is 0.405. The summed E-state index contributed by atoms with van der Waals surface area (Å²) >= 11 is 3.27. The van der Waals surface area contributed by atoms with Gasteiger partial charge in [0.05, 0.1) is 12.9 Å². The maximum Gasteiger partial charge on any atom is 0.205 e. The van der Waals surface area contributed by atoms with Gasteiger partial charge in [-0.2, -0.15) is 0 Å². The average Bonchev–Trinajstić information content (AvgIpc) is 2.84. The monoisotopic (exact) mass is 267 g/mol. The highest BCUT2D eigenvalue weighted by atomic mass is 32.2. The van der Waals surface area contributed by atoms with Crippen molar-refractivity contribution in [2.45, 2.75) is 10.6 Å². The van der Waals surface area contributed by atoms with Crippen molar-refractivity contribution in [1.29, 1.82) is 0 Å². The summed E-state index contributed by atoms with van der Waals surface area (Å²) < 4.78 is 5.29. The van der Waals surface area contributed by atoms with Crippen LogP contribution >= 0.6 is 23.1 Å². The van der Waals surface area contributed by atoms with Gasteiger partial charge in [0, 0.05) is 11.9 Å². The number of ether oxygens (including phenoxy) is 1. The van der Waals surface area contributed by atoms with E-state index >= 15 is 0 Å². The number of para-hydroxylation sites is 1. The van der Waals surface area contributed by atoms with E-state index in [1.807, 2.05) is 31.3 Å². The second kappa shape index (κ2) is 5.88. The first kappa shape index (κ1) is 12.2. The Morgan fingerprint density at radius 1 is 1.35 bits per heavy atom. The lowest BCUT2D eigenvalue weighted by atomic mass is 10.3. The second-order valence-corrected chi connectivity index (χ2v) is 5.27. The Kier molecular flexibility index (Phi) is 4.22. The molecule has 6 heteroatoms. The van der Waals surface area contributed by atoms with Crippen molar-refractivity contribution < 1.29 is 4.74 Å². The predicted molar refractivity (Wildman–Crippen MR) is 72.0 cm³/mol. The molecule has 0 saturated heterocycles. The SMILES string of the molecule is CNc1nnc(CSc2ccccc2OC)s1. The van der Waals surface area contributed by atoms with Gasteiger partial charge in [-0.3, -0.25) is 0 Å². The molecule has 0 saturated carbocycles. The average molecular weight is 267 g/mol. The molecule has 1 aromatic heterocycles. The molecule has 0 bridgehead atoms. The minimum absolute atomic E-state index is 0.805. The number of hydrogen-bond acceptors (Lipinski definition) is 6. The van der Waals surface area contributed by atoms with E-state index in [9.17, 15) is 0 Å². The zero-order valence-electron chi connectivity index (χ0n) is 9.64. The Morgan fingerprint density at radius 2 is 2.18 bits per heavy atom. The van der Waals surface area contributed by atoms with Crippen LogP contribution in [0.5, 0.6) is 5.75 Å². The summed E-state index contributed by atoms with van der Waals surface area (Å²) in [6.45, 7) is 0. The van der Waals surface area contributed by atoms with Crippen LogP contribution < -0.4 is 10.1 Å². The number of benzene rings is 1. The van der Waals surface area contributed by atoms with Crippen LogP contribution in [-0.4, -0.2) is 24.4 Å². The lowest BCUT2D eigenvalue weighted by Gasteiger charge is -2.05. The van der Waals surface area contributed by atoms with Crippen molar-refractivity contribution in [2.75, 3.05) is 19.5 Å². The molecule has 0 atom stereocenters. The van der Waals surface area contributed by atoms with E-state index in [1.165, 1.54) is 0 Å². The number of nitrogens with one attached hydrogen (secondary N) is 1. The molecular weight excluding hydrogens is 254 g/mol. The van der Waals surface area contributed by atoms with E-state index in [-0.39, 0.29) is 0 Å². The summed E-state index contributed by atoms with van der Waals surface area (Å²) in [6.07, 6.45) is 0. The summed E-state index contributed by atoms with van der Waals surface area (Å²) in [5.41, 5.74) is 0. The molecule has 1 N–H and O–H groups in total. The lowest BCUT2D eigenvalue weighted by Crippen LogP contribution is -1.86. The fourth-order valence-electron chi connectivity index (χ4n) is 1.29. The third kappa shape index (κ3) is 3.10. The number of aromatic nitrogens is 2. The molecule has 0 fully saturated rings. The number of rotatable bonds is 5. The van der Waals surface area contributed by atoms with Crippen molar-refractivity contribution in [1.82, 2.24) is 10.2 Å². The Labute approximate surface area is 108 Å². The van der Waals surface area contributed by atoms with Crippen molar-refractivity contribution in [3.8, 4) is 5.75 Å². The number of methoxy groups -OCH3 is 1. The van der Waals surface area contributed by atoms with Crippen molar-refractivity contribution in [2.24, 2.45) is 0 Å². The van der Waals surface area contributed by atoms with Gasteiger partial charge >= 0.3 is 0 Å². The fraction of sp³-hybridized carbons (Fsp3) is 0.273. The molecule has 0 amide bonds. The number of nitrogens with zero attached hydrogens (tertiary/aromatic N) is 2. The van der Waals surface area contributed by atoms with Crippen LogP contribution in [0, 0.1) is 0 Å². The van der Waals surface area contributed by atoms with Gasteiger partial charge in [-0.1, -0.05) is 23.5 Å². The van der Waals surface area contributed by atoms with Crippen LogP contribution in [0.4, 0.5) is 5.13 Å². The molecule has 2 rings (SSSR count). The Balaban J connectivity index is 2.01. The first-order valence-electron chi connectivity index (χ1n) is 5.09. The van der Waals surface area contributed by atoms with Gasteiger partial charge in [0.1, 0.15) is 10.8 Å². The molecule has 17 heavy (non-hydrogen) atoms. The van der Waals surface area contributed by atoms with Gasteiger partial charge in [-0.25, -0.2) is 0 Å². The van der Waals surface area contributed by atoms with Crippen LogP contribution in [0.3, 0.4) is 0 Å². The number of hydrogen-bond donors (Lipinski definition) is 1. The summed E-state index contributed by atoms with van der Waals surface area (Å²) in [7, 11) is 3.53. The normalized spacial score (nSPS) is 10.2. The first-order chi connectivity index (χ1) is 8.33. The maximum absolute atomic E-state index is 5.29. The molecule has 0 aliphatic heterocycles. The largest absolute Gasteiger partial charge is 0.496 e. The Hall–Kier alpha value is -1.27. The minimum Gasteiger partial charge on any atom is -0.496 e. The molecule has 0 radical (unpaired) electrons. The van der Waals surface area contributed by atoms with Crippen molar-refractivity contribution in [3.05, 3.63) is 29.3 Å². The molecule has 0 aliphatic rings. The van der Waals surface area contributed by atoms with Crippen LogP contribution in [0.25, 0.3) is 0 Å². The topological polar surface area (TPSA) is 47.0 Å². The molecule has 4 nitrogen and oxygen atoms in total. The van der Waals surface area contributed by atoms with Crippen LogP contribution in [-0.2, 0) is 5.75 Å². The minimum atomic E-state index is 0.805. The van der Waals surface area contributed by atoms with Gasteiger partial charge in [-0.15, -0.1) is 22.0 Å². The molecule has 1 heterocycles. The molecule has 0 unspecified atom stereocenters. The predicted octanol–water partition coefficient (Wildman–Crippen LogP) is 2.88. The van der Waals surface area contributed by atoms with Gasteiger partial charge in [0.15, 0.2) is 0 Å². The highest BCUT2D eigenvalue weighted by molar-refractivity contribution is 7.98. The molecular formula is C11H13N3OS2. The fourth-order valence-corrected chi connectivity index (χ4v) is 3.00. The maximum atomic E-state index is 5.29. The highest BCUT2D eigenvalue weighted by Gasteiger charge is 2.06. The molecule has 90 valence electrons. The molecule has 1 aromatic carbocycles. The second-order valence-electron chi connectivity index (χ2n) is 3.19. The van der Waals surface area contributed by atoms with Crippen LogP contribution in [0.2, 0.25) is 0 Å². The highest BCUT2D eigenvalue weighted by Crippen LogP contribution is 2.32. The third-order valence-electron chi connectivity index (χ3n) is 2.10.